The highest BCUT2D eigenvalue weighted by Gasteiger charge is 2.16. The van der Waals surface area contributed by atoms with Crippen LogP contribution in [0.5, 0.6) is 0 Å². The molecule has 1 aliphatic carbocycles. The van der Waals surface area contributed by atoms with Gasteiger partial charge in [-0.3, -0.25) is 0 Å². The van der Waals surface area contributed by atoms with Crippen LogP contribution in [0.4, 0.5) is 0 Å². The minimum atomic E-state index is 0.730. The summed E-state index contributed by atoms with van der Waals surface area (Å²) in [6.07, 6.45) is 7.76. The molecule has 1 N–H and O–H groups in total. The van der Waals surface area contributed by atoms with Gasteiger partial charge in [-0.15, -0.1) is 0 Å². The Balaban J connectivity index is 2.24. The minimum absolute atomic E-state index is 0.730. The second-order valence-electron chi connectivity index (χ2n) is 3.89. The zero-order valence-electron chi connectivity index (χ0n) is 7.67. The van der Waals surface area contributed by atoms with Crippen molar-refractivity contribution in [3.63, 3.8) is 0 Å². The monoisotopic (exact) mass is 161 g/mol. The Morgan fingerprint density at radius 1 is 1.50 bits per heavy atom. The van der Waals surface area contributed by atoms with Gasteiger partial charge in [0.25, 0.3) is 0 Å². The molecule has 64 valence electrons. The summed E-state index contributed by atoms with van der Waals surface area (Å²) < 4.78 is 0. The number of H-pyrrole nitrogens is 1. The summed E-state index contributed by atoms with van der Waals surface area (Å²) in [7, 11) is 0. The summed E-state index contributed by atoms with van der Waals surface area (Å²) in [6, 6.07) is 2.19. The summed E-state index contributed by atoms with van der Waals surface area (Å²) >= 11 is 0. The first-order chi connectivity index (χ1) is 5.77. The molecule has 1 heteroatoms. The van der Waals surface area contributed by atoms with Gasteiger partial charge in [0.2, 0.25) is 0 Å². The van der Waals surface area contributed by atoms with Gasteiger partial charge in [-0.05, 0) is 36.0 Å². The van der Waals surface area contributed by atoms with Gasteiger partial charge in [0.1, 0.15) is 0 Å². The Labute approximate surface area is 73.5 Å². The number of rotatable bonds is 1. The van der Waals surface area contributed by atoms with Crippen LogP contribution in [0.25, 0.3) is 6.08 Å². The van der Waals surface area contributed by atoms with Gasteiger partial charge < -0.3 is 4.98 Å². The first kappa shape index (κ1) is 7.66. The van der Waals surface area contributed by atoms with Crippen molar-refractivity contribution in [2.24, 2.45) is 11.8 Å². The number of hydrogen-bond acceptors (Lipinski definition) is 0. The molecule has 1 atom stereocenters. The van der Waals surface area contributed by atoms with Crippen molar-refractivity contribution in [1.82, 2.24) is 4.98 Å². The average Bonchev–Trinajstić information content (AvgIpc) is 2.49. The van der Waals surface area contributed by atoms with Gasteiger partial charge in [0.05, 0.1) is 0 Å². The lowest BCUT2D eigenvalue weighted by atomic mass is 9.86. The molecule has 1 unspecified atom stereocenters. The van der Waals surface area contributed by atoms with Crippen LogP contribution in [0.1, 0.15) is 25.1 Å². The highest BCUT2D eigenvalue weighted by atomic mass is 14.7. The maximum Gasteiger partial charge on any atom is 0.0409 e. The van der Waals surface area contributed by atoms with E-state index in [1.807, 2.05) is 6.20 Å². The lowest BCUT2D eigenvalue weighted by Crippen LogP contribution is -2.12. The minimum Gasteiger partial charge on any atom is -0.361 e. The molecule has 12 heavy (non-hydrogen) atoms. The number of aromatic amines is 1. The van der Waals surface area contributed by atoms with E-state index in [2.05, 4.69) is 37.0 Å². The van der Waals surface area contributed by atoms with E-state index in [1.54, 1.807) is 0 Å². The first-order valence-corrected chi connectivity index (χ1v) is 4.62. The fraction of sp³-hybridized carbons (Fsp3) is 0.455. The van der Waals surface area contributed by atoms with Crippen molar-refractivity contribution >= 4 is 6.08 Å². The third-order valence-electron chi connectivity index (χ3n) is 2.69. The van der Waals surface area contributed by atoms with E-state index in [1.165, 1.54) is 17.7 Å². The molecule has 1 heterocycles. The third-order valence-corrected chi connectivity index (χ3v) is 2.69. The molecule has 1 aromatic heterocycles. The Morgan fingerprint density at radius 3 is 3.08 bits per heavy atom. The molecule has 1 nitrogen and oxygen atoms in total. The lowest BCUT2D eigenvalue weighted by molar-refractivity contribution is 0.461. The van der Waals surface area contributed by atoms with Gasteiger partial charge in [0, 0.05) is 11.9 Å². The summed E-state index contributed by atoms with van der Waals surface area (Å²) in [5, 5.41) is 0. The third kappa shape index (κ3) is 1.20. The second kappa shape index (κ2) is 2.81. The van der Waals surface area contributed by atoms with Gasteiger partial charge in [0.15, 0.2) is 0 Å². The summed E-state index contributed by atoms with van der Waals surface area (Å²) in [6.45, 7) is 4.57. The van der Waals surface area contributed by atoms with Gasteiger partial charge in [-0.2, -0.15) is 0 Å². The highest BCUT2D eigenvalue weighted by Crippen LogP contribution is 2.26. The Morgan fingerprint density at radius 2 is 2.33 bits per heavy atom. The fourth-order valence-corrected chi connectivity index (χ4v) is 1.75. The summed E-state index contributed by atoms with van der Waals surface area (Å²) in [5.74, 6) is 1.48. The van der Waals surface area contributed by atoms with Crippen LogP contribution in [-0.4, -0.2) is 4.98 Å². The van der Waals surface area contributed by atoms with Crippen LogP contribution in [0, 0.1) is 11.8 Å². The Kier molecular flexibility index (Phi) is 1.80. The fourth-order valence-electron chi connectivity index (χ4n) is 1.75. The molecule has 0 spiro atoms. The lowest BCUT2D eigenvalue weighted by Gasteiger charge is -2.20. The predicted octanol–water partition coefficient (Wildman–Crippen LogP) is 2.86. The van der Waals surface area contributed by atoms with Crippen LogP contribution in [0.3, 0.4) is 0 Å². The van der Waals surface area contributed by atoms with Crippen molar-refractivity contribution < 1.29 is 0 Å². The molecule has 1 aliphatic rings. The van der Waals surface area contributed by atoms with Crippen molar-refractivity contribution in [2.75, 3.05) is 0 Å². The molecule has 0 saturated carbocycles. The maximum absolute atomic E-state index is 3.23. The Hall–Kier alpha value is -0.980. The number of fused-ring (bicyclic) bond motifs is 1. The van der Waals surface area contributed by atoms with Crippen LogP contribution in [0.15, 0.2) is 18.3 Å². The van der Waals surface area contributed by atoms with Crippen LogP contribution < -0.4 is 0 Å². The topological polar surface area (TPSA) is 15.8 Å². The number of hydrogen-bond donors (Lipinski definition) is 1. The smallest absolute Gasteiger partial charge is 0.0409 e. The second-order valence-corrected chi connectivity index (χ2v) is 3.89. The molecule has 0 saturated heterocycles. The van der Waals surface area contributed by atoms with Gasteiger partial charge in [-0.1, -0.05) is 19.9 Å². The van der Waals surface area contributed by atoms with E-state index < -0.39 is 0 Å². The highest BCUT2D eigenvalue weighted by molar-refractivity contribution is 5.53. The number of nitrogens with one attached hydrogen (secondary N) is 1. The van der Waals surface area contributed by atoms with Crippen LogP contribution in [0.2, 0.25) is 0 Å². The van der Waals surface area contributed by atoms with Gasteiger partial charge >= 0.3 is 0 Å². The number of allylic oxidation sites excluding steroid dienone is 1. The SMILES string of the molecule is CC(C)C1C=Cc2[nH]ccc2C1. The van der Waals surface area contributed by atoms with Crippen LogP contribution >= 0.6 is 0 Å². The standard InChI is InChI=1S/C11H15N/c1-8(2)9-3-4-11-10(7-9)5-6-12-11/h3-6,8-9,12H,7H2,1-2H3. The normalized spacial score (nSPS) is 21.4. The van der Waals surface area contributed by atoms with Crippen molar-refractivity contribution in [1.29, 1.82) is 0 Å². The first-order valence-electron chi connectivity index (χ1n) is 4.62. The average molecular weight is 161 g/mol. The van der Waals surface area contributed by atoms with Crippen molar-refractivity contribution in [2.45, 2.75) is 20.3 Å². The number of aromatic nitrogens is 1. The molecule has 0 fully saturated rings. The zero-order chi connectivity index (χ0) is 8.55. The predicted molar refractivity (Wildman–Crippen MR) is 51.9 cm³/mol. The quantitative estimate of drug-likeness (QED) is 0.652. The summed E-state index contributed by atoms with van der Waals surface area (Å²) in [5.41, 5.74) is 2.77. The molecular formula is C11H15N. The van der Waals surface area contributed by atoms with E-state index in [0.29, 0.717) is 0 Å². The van der Waals surface area contributed by atoms with E-state index in [4.69, 9.17) is 0 Å². The summed E-state index contributed by atoms with van der Waals surface area (Å²) in [4.78, 5) is 3.23. The van der Waals surface area contributed by atoms with E-state index in [-0.39, 0.29) is 0 Å². The van der Waals surface area contributed by atoms with Gasteiger partial charge in [-0.25, -0.2) is 0 Å². The molecule has 0 aromatic carbocycles. The molecule has 0 aliphatic heterocycles. The molecule has 0 bridgehead atoms. The molecule has 0 radical (unpaired) electrons. The van der Waals surface area contributed by atoms with E-state index in [0.717, 1.165) is 11.8 Å². The molecule has 0 amide bonds. The van der Waals surface area contributed by atoms with Crippen molar-refractivity contribution in [3.05, 3.63) is 29.6 Å². The Bertz CT molecular complexity index is 294. The molecule has 2 rings (SSSR count). The van der Waals surface area contributed by atoms with E-state index >= 15 is 0 Å². The molecule has 1 aromatic rings. The zero-order valence-corrected chi connectivity index (χ0v) is 7.67. The van der Waals surface area contributed by atoms with E-state index in [9.17, 15) is 0 Å². The largest absolute Gasteiger partial charge is 0.361 e. The maximum atomic E-state index is 3.23. The van der Waals surface area contributed by atoms with Crippen molar-refractivity contribution in [3.8, 4) is 0 Å². The van der Waals surface area contributed by atoms with Crippen LogP contribution in [-0.2, 0) is 6.42 Å². The molecular weight excluding hydrogens is 146 g/mol.